The van der Waals surface area contributed by atoms with Crippen LogP contribution in [0.2, 0.25) is 0 Å². The predicted molar refractivity (Wildman–Crippen MR) is 57.8 cm³/mol. The molecule has 1 amide bonds. The van der Waals surface area contributed by atoms with Gasteiger partial charge in [0.15, 0.2) is 0 Å². The van der Waals surface area contributed by atoms with Gasteiger partial charge in [-0.3, -0.25) is 0 Å². The van der Waals surface area contributed by atoms with Crippen LogP contribution in [-0.4, -0.2) is 30.4 Å². The smallest absolute Gasteiger partial charge is 0.407 e. The van der Waals surface area contributed by atoms with E-state index in [-0.39, 0.29) is 18.2 Å². The molecule has 0 bridgehead atoms. The Kier molecular flexibility index (Phi) is 3.97. The second kappa shape index (κ2) is 4.84. The van der Waals surface area contributed by atoms with Crippen LogP contribution in [0, 0.1) is 0 Å². The molecule has 1 aliphatic rings. The number of ether oxygens (including phenoxy) is 2. The van der Waals surface area contributed by atoms with Crippen LogP contribution < -0.4 is 5.32 Å². The van der Waals surface area contributed by atoms with Gasteiger partial charge in [-0.15, -0.1) is 0 Å². The lowest BCUT2D eigenvalue weighted by atomic mass is 10.2. The monoisotopic (exact) mass is 215 g/mol. The molecule has 4 nitrogen and oxygen atoms in total. The Morgan fingerprint density at radius 2 is 2.13 bits per heavy atom. The second-order valence-electron chi connectivity index (χ2n) is 4.90. The normalized spacial score (nSPS) is 24.8. The maximum atomic E-state index is 11.3. The van der Waals surface area contributed by atoms with E-state index in [9.17, 15) is 4.79 Å². The number of hydrogen-bond donors (Lipinski definition) is 1. The summed E-state index contributed by atoms with van der Waals surface area (Å²) < 4.78 is 10.6. The molecular weight excluding hydrogens is 194 g/mol. The molecule has 1 N–H and O–H groups in total. The molecule has 0 radical (unpaired) electrons. The third-order valence-corrected chi connectivity index (χ3v) is 1.97. The van der Waals surface area contributed by atoms with E-state index in [1.54, 1.807) is 0 Å². The van der Waals surface area contributed by atoms with Crippen LogP contribution in [-0.2, 0) is 9.47 Å². The molecule has 0 aromatic carbocycles. The fourth-order valence-electron chi connectivity index (χ4n) is 1.24. The van der Waals surface area contributed by atoms with E-state index in [1.165, 1.54) is 0 Å². The molecule has 0 saturated heterocycles. The quantitative estimate of drug-likeness (QED) is 0.781. The standard InChI is InChI=1S/C11H21NO3/c1-5-6-14-9-7-8(9)12-10(13)15-11(2,3)4/h8-9H,5-7H2,1-4H3,(H,12,13). The molecule has 1 fully saturated rings. The summed E-state index contributed by atoms with van der Waals surface area (Å²) in [7, 11) is 0. The zero-order valence-electron chi connectivity index (χ0n) is 10.0. The van der Waals surface area contributed by atoms with E-state index in [2.05, 4.69) is 12.2 Å². The lowest BCUT2D eigenvalue weighted by Gasteiger charge is -2.19. The minimum Gasteiger partial charge on any atom is -0.444 e. The van der Waals surface area contributed by atoms with Gasteiger partial charge in [0.1, 0.15) is 5.60 Å². The van der Waals surface area contributed by atoms with Gasteiger partial charge in [-0.25, -0.2) is 4.79 Å². The van der Waals surface area contributed by atoms with Crippen molar-refractivity contribution in [2.24, 2.45) is 0 Å². The molecule has 0 heterocycles. The summed E-state index contributed by atoms with van der Waals surface area (Å²) in [6.45, 7) is 8.38. The van der Waals surface area contributed by atoms with Crippen molar-refractivity contribution in [1.82, 2.24) is 5.32 Å². The van der Waals surface area contributed by atoms with Crippen LogP contribution in [0.1, 0.15) is 40.5 Å². The van der Waals surface area contributed by atoms with E-state index in [4.69, 9.17) is 9.47 Å². The summed E-state index contributed by atoms with van der Waals surface area (Å²) in [5, 5.41) is 2.78. The molecule has 4 heteroatoms. The maximum absolute atomic E-state index is 11.3. The highest BCUT2D eigenvalue weighted by Gasteiger charge is 2.40. The van der Waals surface area contributed by atoms with Crippen molar-refractivity contribution in [1.29, 1.82) is 0 Å². The van der Waals surface area contributed by atoms with Crippen LogP contribution in [0.3, 0.4) is 0 Å². The van der Waals surface area contributed by atoms with Gasteiger partial charge >= 0.3 is 6.09 Å². The summed E-state index contributed by atoms with van der Waals surface area (Å²) in [4.78, 5) is 11.3. The minimum absolute atomic E-state index is 0.145. The van der Waals surface area contributed by atoms with Crippen molar-refractivity contribution in [3.8, 4) is 0 Å². The Morgan fingerprint density at radius 1 is 1.47 bits per heavy atom. The molecule has 15 heavy (non-hydrogen) atoms. The molecule has 0 aromatic rings. The summed E-state index contributed by atoms with van der Waals surface area (Å²) in [6.07, 6.45) is 1.75. The number of hydrogen-bond acceptors (Lipinski definition) is 3. The van der Waals surface area contributed by atoms with Gasteiger partial charge in [0.25, 0.3) is 0 Å². The number of carbonyl (C=O) groups excluding carboxylic acids is 1. The maximum Gasteiger partial charge on any atom is 0.407 e. The highest BCUT2D eigenvalue weighted by Crippen LogP contribution is 2.25. The van der Waals surface area contributed by atoms with Gasteiger partial charge in [0, 0.05) is 6.61 Å². The summed E-state index contributed by atoms with van der Waals surface area (Å²) in [5.41, 5.74) is -0.432. The van der Waals surface area contributed by atoms with Crippen molar-refractivity contribution in [2.45, 2.75) is 58.3 Å². The van der Waals surface area contributed by atoms with Crippen molar-refractivity contribution in [3.05, 3.63) is 0 Å². The van der Waals surface area contributed by atoms with Crippen LogP contribution in [0.4, 0.5) is 4.79 Å². The van der Waals surface area contributed by atoms with E-state index in [0.29, 0.717) is 0 Å². The fraction of sp³-hybridized carbons (Fsp3) is 0.909. The summed E-state index contributed by atoms with van der Waals surface area (Å²) >= 11 is 0. The van der Waals surface area contributed by atoms with E-state index < -0.39 is 5.60 Å². The first kappa shape index (κ1) is 12.3. The fourth-order valence-corrected chi connectivity index (χ4v) is 1.24. The first-order valence-corrected chi connectivity index (χ1v) is 5.53. The third-order valence-electron chi connectivity index (χ3n) is 1.97. The molecule has 1 aliphatic carbocycles. The van der Waals surface area contributed by atoms with Gasteiger partial charge in [-0.2, -0.15) is 0 Å². The van der Waals surface area contributed by atoms with Crippen molar-refractivity contribution in [3.63, 3.8) is 0 Å². The number of nitrogens with one attached hydrogen (secondary N) is 1. The molecule has 1 rings (SSSR count). The van der Waals surface area contributed by atoms with Crippen LogP contribution in [0.15, 0.2) is 0 Å². The van der Waals surface area contributed by atoms with Crippen LogP contribution in [0.25, 0.3) is 0 Å². The Bertz CT molecular complexity index is 222. The third kappa shape index (κ3) is 5.02. The molecule has 0 aromatic heterocycles. The van der Waals surface area contributed by atoms with Crippen LogP contribution in [0.5, 0.6) is 0 Å². The Hall–Kier alpha value is -0.770. The van der Waals surface area contributed by atoms with Crippen molar-refractivity contribution >= 4 is 6.09 Å². The SMILES string of the molecule is CCCOC1CC1NC(=O)OC(C)(C)C. The average Bonchev–Trinajstić information content (AvgIpc) is 2.76. The number of alkyl carbamates (subject to hydrolysis) is 1. The average molecular weight is 215 g/mol. The second-order valence-corrected chi connectivity index (χ2v) is 4.90. The molecule has 2 atom stereocenters. The molecule has 88 valence electrons. The Labute approximate surface area is 91.3 Å². The first-order valence-electron chi connectivity index (χ1n) is 5.53. The summed E-state index contributed by atoms with van der Waals surface area (Å²) in [5.74, 6) is 0. The highest BCUT2D eigenvalue weighted by atomic mass is 16.6. The van der Waals surface area contributed by atoms with Gasteiger partial charge in [0.05, 0.1) is 12.1 Å². The molecular formula is C11H21NO3. The molecule has 0 spiro atoms. The van der Waals surface area contributed by atoms with E-state index in [0.717, 1.165) is 19.4 Å². The molecule has 0 aliphatic heterocycles. The van der Waals surface area contributed by atoms with Gasteiger partial charge in [0.2, 0.25) is 0 Å². The number of amides is 1. The van der Waals surface area contributed by atoms with E-state index in [1.807, 2.05) is 20.8 Å². The van der Waals surface area contributed by atoms with Crippen LogP contribution >= 0.6 is 0 Å². The number of carbonyl (C=O) groups is 1. The van der Waals surface area contributed by atoms with Gasteiger partial charge < -0.3 is 14.8 Å². The lowest BCUT2D eigenvalue weighted by molar-refractivity contribution is 0.0496. The zero-order valence-corrected chi connectivity index (χ0v) is 10.0. The Morgan fingerprint density at radius 3 is 2.67 bits per heavy atom. The highest BCUT2D eigenvalue weighted by molar-refractivity contribution is 5.68. The van der Waals surface area contributed by atoms with Gasteiger partial charge in [-0.05, 0) is 33.6 Å². The molecule has 2 unspecified atom stereocenters. The topological polar surface area (TPSA) is 47.6 Å². The molecule has 1 saturated carbocycles. The minimum atomic E-state index is -0.432. The van der Waals surface area contributed by atoms with Gasteiger partial charge in [-0.1, -0.05) is 6.92 Å². The Balaban J connectivity index is 2.13. The lowest BCUT2D eigenvalue weighted by Crippen LogP contribution is -2.35. The largest absolute Gasteiger partial charge is 0.444 e. The zero-order chi connectivity index (χ0) is 11.5. The van der Waals surface area contributed by atoms with E-state index >= 15 is 0 Å². The van der Waals surface area contributed by atoms with Crippen molar-refractivity contribution in [2.75, 3.05) is 6.61 Å². The number of rotatable bonds is 4. The first-order chi connectivity index (χ1) is 6.92. The summed E-state index contributed by atoms with van der Waals surface area (Å²) in [6, 6.07) is 0.145. The predicted octanol–water partition coefficient (Wildman–Crippen LogP) is 2.08. The van der Waals surface area contributed by atoms with Crippen molar-refractivity contribution < 1.29 is 14.3 Å².